The Labute approximate surface area is 174 Å². The van der Waals surface area contributed by atoms with E-state index in [2.05, 4.69) is 57.2 Å². The van der Waals surface area contributed by atoms with Crippen molar-refractivity contribution in [1.82, 2.24) is 0 Å². The molecule has 0 aromatic heterocycles. The van der Waals surface area contributed by atoms with E-state index in [1.807, 2.05) is 6.07 Å². The van der Waals surface area contributed by atoms with Crippen molar-refractivity contribution in [3.05, 3.63) is 53.6 Å². The molecule has 1 aliphatic carbocycles. The molecule has 0 radical (unpaired) electrons. The Kier molecular flexibility index (Phi) is 5.24. The van der Waals surface area contributed by atoms with Gasteiger partial charge in [0, 0.05) is 0 Å². The Bertz CT molecular complexity index is 848. The summed E-state index contributed by atoms with van der Waals surface area (Å²) in [5, 5.41) is 9.66. The number of rotatable bonds is 4. The third-order valence-corrected chi connectivity index (χ3v) is 10.3. The number of ether oxygens (including phenoxy) is 2. The van der Waals surface area contributed by atoms with Gasteiger partial charge in [0.15, 0.2) is 0 Å². The van der Waals surface area contributed by atoms with Gasteiger partial charge in [0.2, 0.25) is 0 Å². The summed E-state index contributed by atoms with van der Waals surface area (Å²) in [4.78, 5) is 0.688. The van der Waals surface area contributed by atoms with Gasteiger partial charge in [0.1, 0.15) is 0 Å². The van der Waals surface area contributed by atoms with Crippen LogP contribution in [-0.2, 0) is 13.0 Å². The van der Waals surface area contributed by atoms with E-state index in [4.69, 9.17) is 9.47 Å². The first-order chi connectivity index (χ1) is 13.4. The van der Waals surface area contributed by atoms with Crippen LogP contribution in [0.15, 0.2) is 42.5 Å². The molecule has 0 spiro atoms. The summed E-state index contributed by atoms with van der Waals surface area (Å²) in [6, 6.07) is 14.9. The fraction of sp³-hybridized carbons (Fsp3) is 0.500. The molecule has 2 aromatic rings. The van der Waals surface area contributed by atoms with Crippen LogP contribution >= 0.6 is 0 Å². The number of aliphatic hydroxyl groups excluding tert-OH is 1. The van der Waals surface area contributed by atoms with Gasteiger partial charge in [-0.3, -0.25) is 0 Å². The summed E-state index contributed by atoms with van der Waals surface area (Å²) in [6.07, 6.45) is 3.25. The third-order valence-electron chi connectivity index (χ3n) is 6.74. The molecule has 0 saturated heterocycles. The predicted molar refractivity (Wildman–Crippen MR) is 114 cm³/mol. The molecule has 28 heavy (non-hydrogen) atoms. The average Bonchev–Trinajstić information content (AvgIpc) is 2.69. The number of hydrogen-bond acceptors (Lipinski definition) is 3. The van der Waals surface area contributed by atoms with Crippen molar-refractivity contribution in [2.75, 3.05) is 7.11 Å². The van der Waals surface area contributed by atoms with Gasteiger partial charge in [0.05, 0.1) is 0 Å². The number of benzene rings is 2. The molecule has 1 N–H and O–H groups in total. The van der Waals surface area contributed by atoms with Crippen molar-refractivity contribution < 1.29 is 14.6 Å². The quantitative estimate of drug-likeness (QED) is 0.720. The van der Waals surface area contributed by atoms with E-state index in [0.717, 1.165) is 29.9 Å². The molecule has 2 aromatic carbocycles. The van der Waals surface area contributed by atoms with Crippen molar-refractivity contribution in [2.24, 2.45) is 11.3 Å². The summed E-state index contributed by atoms with van der Waals surface area (Å²) >= 11 is 0.455. The minimum atomic E-state index is -0.173. The van der Waals surface area contributed by atoms with Gasteiger partial charge in [-0.25, -0.2) is 0 Å². The number of methoxy groups -OCH3 is 1. The van der Waals surface area contributed by atoms with Crippen LogP contribution in [0.2, 0.25) is 4.82 Å². The summed E-state index contributed by atoms with van der Waals surface area (Å²) in [5.41, 5.74) is 2.07. The molecule has 3 atom stereocenters. The van der Waals surface area contributed by atoms with Crippen LogP contribution < -0.4 is 13.9 Å². The SMILES string of the molecule is COc1cc(CO)cc2c1O[C@@]1(C)CC[C@H]([Se]c3ccccc3)C(C)(C)[C@@H]1C2. The van der Waals surface area contributed by atoms with Crippen molar-refractivity contribution in [3.8, 4) is 11.5 Å². The zero-order valence-electron chi connectivity index (χ0n) is 17.2. The van der Waals surface area contributed by atoms with Gasteiger partial charge in [-0.2, -0.15) is 0 Å². The van der Waals surface area contributed by atoms with Crippen molar-refractivity contribution in [2.45, 2.75) is 57.1 Å². The standard InChI is InChI=1S/C24H30O3Se/c1-23(2)20-14-17-12-16(15-25)13-19(26-4)22(17)27-24(20,3)11-10-21(23)28-18-8-6-5-7-9-18/h5-9,12-13,20-21,25H,10-11,14-15H2,1-4H3/t20-,21-,24-/m0/s1. The number of fused-ring (bicyclic) bond motifs is 2. The van der Waals surface area contributed by atoms with Gasteiger partial charge in [-0.05, 0) is 0 Å². The Hall–Kier alpha value is -1.48. The van der Waals surface area contributed by atoms with E-state index in [1.165, 1.54) is 16.4 Å². The Morgan fingerprint density at radius 3 is 2.61 bits per heavy atom. The molecular formula is C24H30O3Se. The topological polar surface area (TPSA) is 38.7 Å². The molecule has 3 nitrogen and oxygen atoms in total. The second kappa shape index (κ2) is 7.40. The maximum absolute atomic E-state index is 9.66. The van der Waals surface area contributed by atoms with Crippen LogP contribution in [0.25, 0.3) is 0 Å². The maximum atomic E-state index is 9.66. The summed E-state index contributed by atoms with van der Waals surface area (Å²) in [7, 11) is 1.68. The number of aliphatic hydroxyl groups is 1. The van der Waals surface area contributed by atoms with Gasteiger partial charge < -0.3 is 0 Å². The van der Waals surface area contributed by atoms with Crippen molar-refractivity contribution in [3.63, 3.8) is 0 Å². The van der Waals surface area contributed by atoms with E-state index in [0.29, 0.717) is 25.7 Å². The summed E-state index contributed by atoms with van der Waals surface area (Å²) in [6.45, 7) is 7.18. The van der Waals surface area contributed by atoms with Crippen LogP contribution in [0.3, 0.4) is 0 Å². The molecule has 1 aliphatic heterocycles. The van der Waals surface area contributed by atoms with Crippen LogP contribution in [0.1, 0.15) is 44.7 Å². The molecule has 150 valence electrons. The molecule has 0 unspecified atom stereocenters. The second-order valence-corrected chi connectivity index (χ2v) is 11.6. The Morgan fingerprint density at radius 1 is 1.18 bits per heavy atom. The van der Waals surface area contributed by atoms with Crippen molar-refractivity contribution in [1.29, 1.82) is 0 Å². The molecule has 1 fully saturated rings. The van der Waals surface area contributed by atoms with Crippen LogP contribution in [0.5, 0.6) is 11.5 Å². The monoisotopic (exact) mass is 446 g/mol. The Morgan fingerprint density at radius 2 is 1.93 bits per heavy atom. The molecular weight excluding hydrogens is 415 g/mol. The van der Waals surface area contributed by atoms with E-state index in [9.17, 15) is 5.11 Å². The molecule has 4 rings (SSSR count). The fourth-order valence-electron chi connectivity index (χ4n) is 5.14. The molecule has 2 aliphatic rings. The predicted octanol–water partition coefficient (Wildman–Crippen LogP) is 4.14. The second-order valence-electron chi connectivity index (χ2n) is 8.90. The van der Waals surface area contributed by atoms with Gasteiger partial charge in [0.25, 0.3) is 0 Å². The Balaban J connectivity index is 1.68. The first-order valence-corrected chi connectivity index (χ1v) is 11.9. The van der Waals surface area contributed by atoms with Gasteiger partial charge >= 0.3 is 175 Å². The fourth-order valence-corrected chi connectivity index (χ4v) is 7.96. The first-order valence-electron chi connectivity index (χ1n) is 10.1. The average molecular weight is 445 g/mol. The van der Waals surface area contributed by atoms with Crippen LogP contribution in [-0.4, -0.2) is 32.8 Å². The minimum absolute atomic E-state index is 0.0225. The van der Waals surface area contributed by atoms with Gasteiger partial charge in [-0.1, -0.05) is 0 Å². The number of hydrogen-bond donors (Lipinski definition) is 1. The van der Waals surface area contributed by atoms with E-state index in [1.54, 1.807) is 7.11 Å². The molecule has 1 heterocycles. The summed E-state index contributed by atoms with van der Waals surface area (Å²) in [5.74, 6) is 2.06. The van der Waals surface area contributed by atoms with Crippen LogP contribution in [0.4, 0.5) is 0 Å². The van der Waals surface area contributed by atoms with E-state index < -0.39 is 0 Å². The third kappa shape index (κ3) is 3.36. The van der Waals surface area contributed by atoms with E-state index in [-0.39, 0.29) is 17.6 Å². The zero-order chi connectivity index (χ0) is 19.9. The molecule has 0 bridgehead atoms. The molecule has 1 saturated carbocycles. The molecule has 4 heteroatoms. The van der Waals surface area contributed by atoms with E-state index >= 15 is 0 Å². The normalized spacial score (nSPS) is 28.0. The first kappa shape index (κ1) is 19.8. The van der Waals surface area contributed by atoms with Crippen molar-refractivity contribution >= 4 is 19.4 Å². The summed E-state index contributed by atoms with van der Waals surface area (Å²) < 4.78 is 13.8. The molecule has 0 amide bonds. The zero-order valence-corrected chi connectivity index (χ0v) is 18.9. The van der Waals surface area contributed by atoms with Crippen LogP contribution in [0, 0.1) is 11.3 Å². The van der Waals surface area contributed by atoms with Gasteiger partial charge in [-0.15, -0.1) is 0 Å².